The average molecular weight is 400 g/mol. The number of amidine groups is 2. The number of fused-ring (bicyclic) bond motifs is 1. The number of aryl methyl sites for hydroxylation is 2. The Morgan fingerprint density at radius 2 is 1.96 bits per heavy atom. The van der Waals surface area contributed by atoms with Crippen LogP contribution in [-0.2, 0) is 9.59 Å². The summed E-state index contributed by atoms with van der Waals surface area (Å²) in [5, 5.41) is 3.37. The Bertz CT molecular complexity index is 980. The van der Waals surface area contributed by atoms with Gasteiger partial charge >= 0.3 is 11.9 Å². The summed E-state index contributed by atoms with van der Waals surface area (Å²) in [5.74, 6) is -0.467. The normalized spacial score (nSPS) is 19.3. The molecule has 0 spiro atoms. The summed E-state index contributed by atoms with van der Waals surface area (Å²) in [5.41, 5.74) is 2.79. The molecule has 0 aromatic heterocycles. The van der Waals surface area contributed by atoms with Crippen molar-refractivity contribution < 1.29 is 19.0 Å². The van der Waals surface area contributed by atoms with Crippen molar-refractivity contribution in [3.8, 4) is 0 Å². The van der Waals surface area contributed by atoms with Crippen molar-refractivity contribution in [2.75, 3.05) is 25.2 Å². The fraction of sp³-hybridized carbons (Fsp3) is 0.368. The minimum Gasteiger partial charge on any atom is -0.325 e. The Morgan fingerprint density at radius 1 is 1.25 bits per heavy atom. The first-order valence-electron chi connectivity index (χ1n) is 8.75. The first-order valence-corrected chi connectivity index (χ1v) is 9.73. The molecule has 0 bridgehead atoms. The fourth-order valence-electron chi connectivity index (χ4n) is 3.00. The molecule has 0 saturated carbocycles. The Labute approximate surface area is 167 Å². The van der Waals surface area contributed by atoms with Crippen molar-refractivity contribution in [1.29, 1.82) is 0 Å². The second-order valence-electron chi connectivity index (χ2n) is 6.79. The number of carbonyl (C=O) groups excluding carboxylic acids is 3. The van der Waals surface area contributed by atoms with E-state index in [9.17, 15) is 14.4 Å². The number of urea groups is 1. The molecule has 2 heterocycles. The Balaban J connectivity index is 1.77. The van der Waals surface area contributed by atoms with E-state index in [-0.39, 0.29) is 11.7 Å². The molecule has 1 unspecified atom stereocenters. The highest BCUT2D eigenvalue weighted by Crippen LogP contribution is 2.25. The Kier molecular flexibility index (Phi) is 5.46. The molecule has 1 atom stereocenters. The molecule has 3 rings (SSSR count). The molecule has 1 aromatic rings. The first kappa shape index (κ1) is 19.9. The minimum absolute atomic E-state index is 0.0952. The lowest BCUT2D eigenvalue weighted by molar-refractivity contribution is -0.407. The summed E-state index contributed by atoms with van der Waals surface area (Å²) in [6.45, 7) is 5.59. The number of imide groups is 1. The van der Waals surface area contributed by atoms with Crippen LogP contribution in [0.25, 0.3) is 0 Å². The SMILES string of the molecule is CC1=NC2=[N+](C)C(=O)N(C)C(=O)C2C(SCC(=O)Nc2cc(C)ccc2C)=N1. The maximum Gasteiger partial charge on any atom is 0.445 e. The number of carbonyl (C=O) groups is 3. The number of nitrogens with zero attached hydrogens (tertiary/aromatic N) is 4. The van der Waals surface area contributed by atoms with E-state index < -0.39 is 17.9 Å². The van der Waals surface area contributed by atoms with Gasteiger partial charge in [0.05, 0.1) is 19.8 Å². The summed E-state index contributed by atoms with van der Waals surface area (Å²) in [6.07, 6.45) is 0. The Morgan fingerprint density at radius 3 is 2.68 bits per heavy atom. The summed E-state index contributed by atoms with van der Waals surface area (Å²) in [7, 11) is 3.00. The van der Waals surface area contributed by atoms with Gasteiger partial charge in [0.15, 0.2) is 5.92 Å². The molecule has 1 aromatic carbocycles. The van der Waals surface area contributed by atoms with Crippen LogP contribution in [0.5, 0.6) is 0 Å². The van der Waals surface area contributed by atoms with Gasteiger partial charge in [-0.2, -0.15) is 9.48 Å². The van der Waals surface area contributed by atoms with Gasteiger partial charge in [0, 0.05) is 12.6 Å². The third-order valence-corrected chi connectivity index (χ3v) is 5.60. The minimum atomic E-state index is -0.769. The van der Waals surface area contributed by atoms with E-state index in [1.54, 1.807) is 14.0 Å². The van der Waals surface area contributed by atoms with Crippen molar-refractivity contribution in [1.82, 2.24) is 4.90 Å². The summed E-state index contributed by atoms with van der Waals surface area (Å²) < 4.78 is 1.35. The quantitative estimate of drug-likeness (QED) is 0.786. The van der Waals surface area contributed by atoms with Crippen LogP contribution in [0, 0.1) is 19.8 Å². The van der Waals surface area contributed by atoms with Crippen molar-refractivity contribution in [3.63, 3.8) is 0 Å². The van der Waals surface area contributed by atoms with Gasteiger partial charge in [-0.15, -0.1) is 0 Å². The molecule has 8 nitrogen and oxygen atoms in total. The molecule has 9 heteroatoms. The molecule has 146 valence electrons. The van der Waals surface area contributed by atoms with Crippen LogP contribution < -0.4 is 5.32 Å². The maximum absolute atomic E-state index is 12.6. The number of thioether (sulfide) groups is 1. The molecule has 0 fully saturated rings. The van der Waals surface area contributed by atoms with E-state index in [0.29, 0.717) is 16.7 Å². The van der Waals surface area contributed by atoms with Crippen molar-refractivity contribution in [3.05, 3.63) is 29.3 Å². The third-order valence-electron chi connectivity index (χ3n) is 4.57. The van der Waals surface area contributed by atoms with Crippen LogP contribution in [0.15, 0.2) is 28.2 Å². The molecule has 2 aliphatic heterocycles. The van der Waals surface area contributed by atoms with Crippen LogP contribution in [0.2, 0.25) is 0 Å². The largest absolute Gasteiger partial charge is 0.445 e. The van der Waals surface area contributed by atoms with E-state index in [0.717, 1.165) is 21.7 Å². The van der Waals surface area contributed by atoms with E-state index in [1.807, 2.05) is 32.0 Å². The van der Waals surface area contributed by atoms with Gasteiger partial charge in [0.2, 0.25) is 11.7 Å². The van der Waals surface area contributed by atoms with Crippen LogP contribution >= 0.6 is 11.8 Å². The molecule has 0 saturated heterocycles. The average Bonchev–Trinajstić information content (AvgIpc) is 2.65. The second-order valence-corrected chi connectivity index (χ2v) is 7.79. The number of anilines is 1. The number of benzene rings is 1. The first-order chi connectivity index (χ1) is 13.2. The number of rotatable bonds is 3. The maximum atomic E-state index is 12.6. The monoisotopic (exact) mass is 400 g/mol. The number of aliphatic imine (C=N–C) groups is 2. The summed E-state index contributed by atoms with van der Waals surface area (Å²) in [6, 6.07) is 5.41. The number of nitrogens with one attached hydrogen (secondary N) is 1. The van der Waals surface area contributed by atoms with Gasteiger partial charge in [0.1, 0.15) is 5.04 Å². The topological polar surface area (TPSA) is 94.2 Å². The van der Waals surface area contributed by atoms with Gasteiger partial charge in [-0.25, -0.2) is 9.79 Å². The molecule has 0 radical (unpaired) electrons. The molecular formula is C19H22N5O3S+. The highest BCUT2D eigenvalue weighted by molar-refractivity contribution is 8.14. The van der Waals surface area contributed by atoms with Gasteiger partial charge in [-0.1, -0.05) is 28.9 Å². The van der Waals surface area contributed by atoms with Gasteiger partial charge in [-0.05, 0) is 31.0 Å². The van der Waals surface area contributed by atoms with Crippen LogP contribution in [-0.4, -0.2) is 63.9 Å². The van der Waals surface area contributed by atoms with E-state index in [2.05, 4.69) is 15.3 Å². The molecule has 28 heavy (non-hydrogen) atoms. The molecule has 1 N–H and O–H groups in total. The summed E-state index contributed by atoms with van der Waals surface area (Å²) in [4.78, 5) is 46.9. The highest BCUT2D eigenvalue weighted by atomic mass is 32.2. The predicted molar refractivity (Wildman–Crippen MR) is 110 cm³/mol. The zero-order valence-electron chi connectivity index (χ0n) is 16.4. The van der Waals surface area contributed by atoms with E-state index in [4.69, 9.17) is 0 Å². The van der Waals surface area contributed by atoms with Crippen molar-refractivity contribution >= 4 is 52.0 Å². The fourth-order valence-corrected chi connectivity index (χ4v) is 3.92. The van der Waals surface area contributed by atoms with Crippen LogP contribution in [0.3, 0.4) is 0 Å². The third kappa shape index (κ3) is 3.75. The second kappa shape index (κ2) is 7.67. The zero-order chi connectivity index (χ0) is 20.6. The molecule has 4 amide bonds. The molecule has 0 aliphatic carbocycles. The smallest absolute Gasteiger partial charge is 0.325 e. The highest BCUT2D eigenvalue weighted by Gasteiger charge is 2.48. The standard InChI is InChI=1S/C19H21N5O3S/c1-10-6-7-11(2)13(8-10)22-14(25)9-28-17-15-16(20-12(3)21-17)23(4)19(27)24(5)18(15)26/h6-8,15H,9H2,1-5H3/p+1. The van der Waals surface area contributed by atoms with Gasteiger partial charge < -0.3 is 5.32 Å². The van der Waals surface area contributed by atoms with E-state index >= 15 is 0 Å². The zero-order valence-corrected chi connectivity index (χ0v) is 17.3. The molecular weight excluding hydrogens is 378 g/mol. The van der Waals surface area contributed by atoms with E-state index in [1.165, 1.54) is 23.4 Å². The predicted octanol–water partition coefficient (Wildman–Crippen LogP) is 2.05. The lowest BCUT2D eigenvalue weighted by Crippen LogP contribution is -2.54. The molecule has 2 aliphatic rings. The number of amides is 4. The number of hydrogen-bond acceptors (Lipinski definition) is 6. The van der Waals surface area contributed by atoms with Crippen LogP contribution in [0.1, 0.15) is 18.1 Å². The number of hydrogen-bond donors (Lipinski definition) is 1. The Hall–Kier alpha value is -2.81. The van der Waals surface area contributed by atoms with Gasteiger partial charge in [-0.3, -0.25) is 9.59 Å². The van der Waals surface area contributed by atoms with Crippen LogP contribution in [0.4, 0.5) is 10.5 Å². The summed E-state index contributed by atoms with van der Waals surface area (Å²) >= 11 is 1.18. The van der Waals surface area contributed by atoms with Crippen molar-refractivity contribution in [2.24, 2.45) is 15.9 Å². The van der Waals surface area contributed by atoms with Crippen molar-refractivity contribution in [2.45, 2.75) is 20.8 Å². The lowest BCUT2D eigenvalue weighted by atomic mass is 10.1. The lowest BCUT2D eigenvalue weighted by Gasteiger charge is -2.26. The van der Waals surface area contributed by atoms with Gasteiger partial charge in [0.25, 0.3) is 5.84 Å².